The Morgan fingerprint density at radius 3 is 3.05 bits per heavy atom. The lowest BCUT2D eigenvalue weighted by Crippen LogP contribution is -2.11. The van der Waals surface area contributed by atoms with Gasteiger partial charge in [0.15, 0.2) is 0 Å². The van der Waals surface area contributed by atoms with Crippen molar-refractivity contribution < 1.29 is 4.74 Å². The van der Waals surface area contributed by atoms with Crippen molar-refractivity contribution in [2.45, 2.75) is 25.9 Å². The van der Waals surface area contributed by atoms with Crippen LogP contribution in [0.2, 0.25) is 0 Å². The summed E-state index contributed by atoms with van der Waals surface area (Å²) in [5.41, 5.74) is 4.70. The maximum absolute atomic E-state index is 5.73. The molecule has 4 nitrogen and oxygen atoms in total. The van der Waals surface area contributed by atoms with E-state index in [1.165, 1.54) is 11.1 Å². The van der Waals surface area contributed by atoms with Crippen LogP contribution in [0.15, 0.2) is 24.3 Å². The van der Waals surface area contributed by atoms with Gasteiger partial charge in [-0.05, 0) is 13.0 Å². The molecular formula is C15H15N3O. The zero-order chi connectivity index (χ0) is 12.8. The molecule has 4 rings (SSSR count). The number of rotatable bonds is 1. The second-order valence-electron chi connectivity index (χ2n) is 5.10. The van der Waals surface area contributed by atoms with E-state index in [9.17, 15) is 0 Å². The summed E-state index contributed by atoms with van der Waals surface area (Å²) in [5.74, 6) is 2.03. The van der Waals surface area contributed by atoms with E-state index in [-0.39, 0.29) is 5.92 Å². The maximum atomic E-state index is 5.73. The molecule has 19 heavy (non-hydrogen) atoms. The normalized spacial score (nSPS) is 19.9. The highest BCUT2D eigenvalue weighted by Crippen LogP contribution is 2.37. The van der Waals surface area contributed by atoms with Gasteiger partial charge in [-0.3, -0.25) is 0 Å². The molecule has 1 aromatic heterocycles. The summed E-state index contributed by atoms with van der Waals surface area (Å²) in [4.78, 5) is 9.44. The number of hydrogen-bond acceptors (Lipinski definition) is 4. The lowest BCUT2D eigenvalue weighted by molar-refractivity contribution is 0.339. The second-order valence-corrected chi connectivity index (χ2v) is 5.10. The monoisotopic (exact) mass is 253 g/mol. The molecule has 1 atom stereocenters. The summed E-state index contributed by atoms with van der Waals surface area (Å²) in [6.45, 7) is 4.45. The fraction of sp³-hybridized carbons (Fsp3) is 0.333. The van der Waals surface area contributed by atoms with Gasteiger partial charge in [0.25, 0.3) is 0 Å². The first-order valence-corrected chi connectivity index (χ1v) is 6.61. The number of nitrogens with one attached hydrogen (secondary N) is 1. The zero-order valence-corrected chi connectivity index (χ0v) is 10.8. The number of fused-ring (bicyclic) bond motifs is 2. The molecule has 1 N–H and O–H groups in total. The van der Waals surface area contributed by atoms with E-state index in [1.807, 2.05) is 18.2 Å². The van der Waals surface area contributed by atoms with Gasteiger partial charge < -0.3 is 10.1 Å². The Bertz CT molecular complexity index is 654. The topological polar surface area (TPSA) is 47.0 Å². The highest BCUT2D eigenvalue weighted by Gasteiger charge is 2.29. The lowest BCUT2D eigenvalue weighted by atomic mass is 10.00. The highest BCUT2D eigenvalue weighted by molar-refractivity contribution is 5.43. The minimum Gasteiger partial charge on any atom is -0.492 e. The molecule has 0 amide bonds. The summed E-state index contributed by atoms with van der Waals surface area (Å²) in [7, 11) is 0. The largest absolute Gasteiger partial charge is 0.492 e. The van der Waals surface area contributed by atoms with Gasteiger partial charge in [0.2, 0.25) is 0 Å². The summed E-state index contributed by atoms with van der Waals surface area (Å²) in [6.07, 6.45) is 0. The molecule has 2 aliphatic rings. The summed E-state index contributed by atoms with van der Waals surface area (Å²) < 4.78 is 5.73. The first kappa shape index (κ1) is 10.9. The van der Waals surface area contributed by atoms with Crippen LogP contribution in [0.3, 0.4) is 0 Å². The average Bonchev–Trinajstić information content (AvgIpc) is 3.04. The number of aryl methyl sites for hydroxylation is 1. The Hall–Kier alpha value is -1.94. The predicted molar refractivity (Wildman–Crippen MR) is 71.1 cm³/mol. The molecule has 0 saturated heterocycles. The van der Waals surface area contributed by atoms with Gasteiger partial charge in [0.1, 0.15) is 18.2 Å². The minimum atomic E-state index is 0.167. The molecule has 0 spiro atoms. The fourth-order valence-electron chi connectivity index (χ4n) is 2.89. The van der Waals surface area contributed by atoms with Gasteiger partial charge in [-0.25, -0.2) is 9.97 Å². The number of nitrogens with zero attached hydrogens (tertiary/aromatic N) is 2. The molecule has 0 radical (unpaired) electrons. The van der Waals surface area contributed by atoms with E-state index in [0.29, 0.717) is 6.61 Å². The van der Waals surface area contributed by atoms with Gasteiger partial charge in [-0.2, -0.15) is 0 Å². The SMILES string of the molecule is Cc1nc(C2COc3ccccc32)nc2c1CNC2. The molecule has 1 unspecified atom stereocenters. The summed E-state index contributed by atoms with van der Waals surface area (Å²) >= 11 is 0. The molecule has 1 aromatic carbocycles. The van der Waals surface area contributed by atoms with Crippen LogP contribution < -0.4 is 10.1 Å². The van der Waals surface area contributed by atoms with Crippen LogP contribution >= 0.6 is 0 Å². The minimum absolute atomic E-state index is 0.167. The smallest absolute Gasteiger partial charge is 0.139 e. The van der Waals surface area contributed by atoms with E-state index >= 15 is 0 Å². The van der Waals surface area contributed by atoms with Crippen LogP contribution in [-0.4, -0.2) is 16.6 Å². The first-order chi connectivity index (χ1) is 9.33. The van der Waals surface area contributed by atoms with E-state index in [1.54, 1.807) is 0 Å². The molecular weight excluding hydrogens is 238 g/mol. The average molecular weight is 253 g/mol. The number of ether oxygens (including phenoxy) is 1. The standard InChI is InChI=1S/C15H15N3O/c1-9-11-6-16-7-13(11)18-15(17-9)12-8-19-14-5-3-2-4-10(12)14/h2-5,12,16H,6-8H2,1H3. The molecule has 0 fully saturated rings. The van der Waals surface area contributed by atoms with Crippen LogP contribution in [-0.2, 0) is 13.1 Å². The Balaban J connectivity index is 1.81. The van der Waals surface area contributed by atoms with Crippen LogP contribution in [0.1, 0.15) is 34.3 Å². The molecule has 0 saturated carbocycles. The van der Waals surface area contributed by atoms with Crippen LogP contribution in [0.4, 0.5) is 0 Å². The van der Waals surface area contributed by atoms with E-state index in [2.05, 4.69) is 18.3 Å². The molecule has 3 heterocycles. The van der Waals surface area contributed by atoms with Crippen LogP contribution in [0.25, 0.3) is 0 Å². The maximum Gasteiger partial charge on any atom is 0.139 e. The Labute approximate surface area is 111 Å². The van der Waals surface area contributed by atoms with Crippen molar-refractivity contribution >= 4 is 0 Å². The highest BCUT2D eigenvalue weighted by atomic mass is 16.5. The summed E-state index contributed by atoms with van der Waals surface area (Å²) in [5, 5.41) is 3.33. The molecule has 2 aromatic rings. The molecule has 0 bridgehead atoms. The van der Waals surface area contributed by atoms with Crippen molar-refractivity contribution in [1.82, 2.24) is 15.3 Å². The fourth-order valence-corrected chi connectivity index (χ4v) is 2.89. The zero-order valence-electron chi connectivity index (χ0n) is 10.8. The van der Waals surface area contributed by atoms with Crippen molar-refractivity contribution in [1.29, 1.82) is 0 Å². The molecule has 2 aliphatic heterocycles. The third kappa shape index (κ3) is 1.64. The third-order valence-corrected chi connectivity index (χ3v) is 3.92. The van der Waals surface area contributed by atoms with E-state index < -0.39 is 0 Å². The van der Waals surface area contributed by atoms with Gasteiger partial charge in [-0.1, -0.05) is 18.2 Å². The quantitative estimate of drug-likeness (QED) is 0.843. The van der Waals surface area contributed by atoms with Crippen LogP contribution in [0.5, 0.6) is 5.75 Å². The molecule has 96 valence electrons. The van der Waals surface area contributed by atoms with Crippen molar-refractivity contribution in [3.8, 4) is 5.75 Å². The van der Waals surface area contributed by atoms with Crippen molar-refractivity contribution in [3.63, 3.8) is 0 Å². The third-order valence-electron chi connectivity index (χ3n) is 3.92. The van der Waals surface area contributed by atoms with Crippen molar-refractivity contribution in [3.05, 3.63) is 52.6 Å². The number of benzene rings is 1. The predicted octanol–water partition coefficient (Wildman–Crippen LogP) is 1.91. The number of hydrogen-bond donors (Lipinski definition) is 1. The first-order valence-electron chi connectivity index (χ1n) is 6.61. The molecule has 0 aliphatic carbocycles. The van der Waals surface area contributed by atoms with Crippen molar-refractivity contribution in [2.24, 2.45) is 0 Å². The van der Waals surface area contributed by atoms with Gasteiger partial charge in [-0.15, -0.1) is 0 Å². The number of aromatic nitrogens is 2. The lowest BCUT2D eigenvalue weighted by Gasteiger charge is -2.11. The Morgan fingerprint density at radius 1 is 1.21 bits per heavy atom. The van der Waals surface area contributed by atoms with Crippen LogP contribution in [0, 0.1) is 6.92 Å². The van der Waals surface area contributed by atoms with Gasteiger partial charge >= 0.3 is 0 Å². The van der Waals surface area contributed by atoms with E-state index in [4.69, 9.17) is 14.7 Å². The van der Waals surface area contributed by atoms with Gasteiger partial charge in [0, 0.05) is 29.9 Å². The molecule has 4 heteroatoms. The van der Waals surface area contributed by atoms with Gasteiger partial charge in [0.05, 0.1) is 11.6 Å². The van der Waals surface area contributed by atoms with Crippen molar-refractivity contribution in [2.75, 3.05) is 6.61 Å². The van der Waals surface area contributed by atoms with E-state index in [0.717, 1.165) is 36.1 Å². The second kappa shape index (κ2) is 4.03. The number of para-hydroxylation sites is 1. The summed E-state index contributed by atoms with van der Waals surface area (Å²) in [6, 6.07) is 8.16. The Kier molecular flexibility index (Phi) is 2.32. The Morgan fingerprint density at radius 2 is 2.11 bits per heavy atom.